The van der Waals surface area contributed by atoms with Gasteiger partial charge in [-0.05, 0) is 54.1 Å². The Morgan fingerprint density at radius 2 is 1.54 bits per heavy atom. The molecule has 4 nitrogen and oxygen atoms in total. The number of aryl methyl sites for hydroxylation is 1. The molecule has 0 saturated heterocycles. The molecule has 3 rings (SSSR count). The normalized spacial score (nSPS) is 22.9. The summed E-state index contributed by atoms with van der Waals surface area (Å²) >= 11 is 0. The van der Waals surface area contributed by atoms with Gasteiger partial charge in [-0.2, -0.15) is 0 Å². The number of anilines is 1. The van der Waals surface area contributed by atoms with Gasteiger partial charge in [-0.3, -0.25) is 0 Å². The van der Waals surface area contributed by atoms with Crippen LogP contribution in [0.1, 0.15) is 58.1 Å². The fraction of sp³-hybridized carbons (Fsp3) is 0.571. The topological polar surface area (TPSA) is 71.7 Å². The molecule has 5 heteroatoms. The van der Waals surface area contributed by atoms with Crippen molar-refractivity contribution in [1.29, 1.82) is 0 Å². The summed E-state index contributed by atoms with van der Waals surface area (Å²) in [6.07, 6.45) is 4.01. The summed E-state index contributed by atoms with van der Waals surface area (Å²) in [5, 5.41) is 3.88. The monoisotopic (exact) mass is 393 g/mol. The number of nitrogens with one attached hydrogen (secondary N) is 1. The summed E-state index contributed by atoms with van der Waals surface area (Å²) in [5.74, 6) is 0.773. The summed E-state index contributed by atoms with van der Waals surface area (Å²) in [6, 6.07) is 7.42. The van der Waals surface area contributed by atoms with Crippen molar-refractivity contribution < 1.29 is 31.3 Å². The average Bonchev–Trinajstić information content (AvgIpc) is 2.60. The van der Waals surface area contributed by atoms with Crippen LogP contribution in [0.2, 0.25) is 0 Å². The SMILES string of the molecule is Cc1cccc2c1N[C@H]1CC(C)(C)CC[C@@H]1C2(C)C.[C-]#[O+].[C-]#[O+].[C-]#[O+].[Cr]. The third kappa shape index (κ3) is 5.63. The molecule has 0 unspecified atom stereocenters. The Morgan fingerprint density at radius 3 is 2.08 bits per heavy atom. The number of hydrogen-bond donors (Lipinski definition) is 1. The number of rotatable bonds is 0. The number of hydrogen-bond acceptors (Lipinski definition) is 1. The second kappa shape index (κ2) is 11.5. The Kier molecular flexibility index (Phi) is 11.9. The molecular formula is C21H27CrNO3. The van der Waals surface area contributed by atoms with E-state index in [-0.39, 0.29) is 17.4 Å². The van der Waals surface area contributed by atoms with Crippen LogP contribution in [0.3, 0.4) is 0 Å². The van der Waals surface area contributed by atoms with E-state index < -0.39 is 0 Å². The van der Waals surface area contributed by atoms with E-state index >= 15 is 0 Å². The first-order valence-corrected chi connectivity index (χ1v) is 8.29. The minimum absolute atomic E-state index is 0. The smallest absolute Gasteiger partial charge is 0 e. The fourth-order valence-electron chi connectivity index (χ4n) is 4.38. The van der Waals surface area contributed by atoms with Crippen LogP contribution >= 0.6 is 0 Å². The van der Waals surface area contributed by atoms with E-state index in [2.05, 4.69) is 78.1 Å². The van der Waals surface area contributed by atoms with Gasteiger partial charge in [0.1, 0.15) is 0 Å². The number of para-hydroxylation sites is 1. The van der Waals surface area contributed by atoms with Crippen molar-refractivity contribution in [3.05, 3.63) is 49.3 Å². The molecule has 1 N–H and O–H groups in total. The van der Waals surface area contributed by atoms with Gasteiger partial charge in [0.2, 0.25) is 0 Å². The summed E-state index contributed by atoms with van der Waals surface area (Å²) in [5.41, 5.74) is 5.12. The first-order chi connectivity index (χ1) is 11.8. The quantitative estimate of drug-likeness (QED) is 0.500. The van der Waals surface area contributed by atoms with Crippen molar-refractivity contribution in [3.8, 4) is 0 Å². The molecule has 0 bridgehead atoms. The first-order valence-electron chi connectivity index (χ1n) is 8.29. The van der Waals surface area contributed by atoms with Crippen LogP contribution in [0, 0.1) is 38.2 Å². The van der Waals surface area contributed by atoms with Crippen LogP contribution in [0.5, 0.6) is 0 Å². The van der Waals surface area contributed by atoms with Crippen molar-refractivity contribution in [2.45, 2.75) is 65.3 Å². The first kappa shape index (κ1) is 27.0. The zero-order chi connectivity index (χ0) is 19.8. The van der Waals surface area contributed by atoms with Gasteiger partial charge in [0.25, 0.3) is 0 Å². The van der Waals surface area contributed by atoms with E-state index in [9.17, 15) is 0 Å². The molecule has 1 aliphatic heterocycles. The van der Waals surface area contributed by atoms with Gasteiger partial charge >= 0.3 is 33.9 Å². The zero-order valence-corrected chi connectivity index (χ0v) is 17.4. The summed E-state index contributed by atoms with van der Waals surface area (Å²) in [7, 11) is 0. The van der Waals surface area contributed by atoms with Gasteiger partial charge in [-0.25, -0.2) is 0 Å². The molecule has 2 aliphatic rings. The molecular weight excluding hydrogens is 366 g/mol. The van der Waals surface area contributed by atoms with E-state index in [1.54, 1.807) is 0 Å². The van der Waals surface area contributed by atoms with Crippen LogP contribution in [-0.4, -0.2) is 6.04 Å². The summed E-state index contributed by atoms with van der Waals surface area (Å²) < 4.78 is 22.5. The zero-order valence-electron chi connectivity index (χ0n) is 16.1. The van der Waals surface area contributed by atoms with Gasteiger partial charge in [-0.15, -0.1) is 0 Å². The number of benzene rings is 1. The molecule has 26 heavy (non-hydrogen) atoms. The van der Waals surface area contributed by atoms with Crippen molar-refractivity contribution in [2.24, 2.45) is 11.3 Å². The molecule has 1 heterocycles. The molecule has 1 fully saturated rings. The molecule has 0 radical (unpaired) electrons. The Balaban J connectivity index is 0. The predicted octanol–water partition coefficient (Wildman–Crippen LogP) is 4.78. The van der Waals surface area contributed by atoms with Crippen LogP contribution in [0.4, 0.5) is 5.69 Å². The minimum Gasteiger partial charge on any atom is 0 e. The maximum atomic E-state index is 7.50. The molecule has 1 aromatic carbocycles. The Hall–Kier alpha value is -1.23. The van der Waals surface area contributed by atoms with Crippen LogP contribution < -0.4 is 5.32 Å². The second-order valence-electron chi connectivity index (χ2n) is 7.98. The molecule has 0 spiro atoms. The second-order valence-corrected chi connectivity index (χ2v) is 7.98. The molecule has 0 aromatic heterocycles. The van der Waals surface area contributed by atoms with Crippen LogP contribution in [-0.2, 0) is 36.7 Å². The molecule has 1 saturated carbocycles. The fourth-order valence-corrected chi connectivity index (χ4v) is 4.38. The average molecular weight is 393 g/mol. The third-order valence-corrected chi connectivity index (χ3v) is 5.61. The summed E-state index contributed by atoms with van der Waals surface area (Å²) in [4.78, 5) is 0. The van der Waals surface area contributed by atoms with E-state index in [0.717, 1.165) is 5.92 Å². The van der Waals surface area contributed by atoms with Crippen molar-refractivity contribution in [3.63, 3.8) is 0 Å². The third-order valence-electron chi connectivity index (χ3n) is 5.61. The Labute approximate surface area is 168 Å². The summed E-state index contributed by atoms with van der Waals surface area (Å²) in [6.45, 7) is 25.5. The van der Waals surface area contributed by atoms with Crippen molar-refractivity contribution in [1.82, 2.24) is 0 Å². The standard InChI is InChI=1S/C18H27N.3CO.Cr/c1-12-7-6-8-14-16(12)19-15-11-17(2,3)10-9-13(15)18(14,4)5;3*1-2;/h6-8,13,15,19H,9-11H2,1-5H3;;;;/t13-,15-;;;;/m0..../s1. The van der Waals surface area contributed by atoms with Crippen LogP contribution in [0.15, 0.2) is 18.2 Å². The van der Waals surface area contributed by atoms with Gasteiger partial charge in [0, 0.05) is 29.1 Å². The Bertz CT molecular complexity index is 618. The van der Waals surface area contributed by atoms with E-state index in [4.69, 9.17) is 14.0 Å². The van der Waals surface area contributed by atoms with Gasteiger partial charge in [-0.1, -0.05) is 45.9 Å². The van der Waals surface area contributed by atoms with E-state index in [1.807, 2.05) is 0 Å². The minimum atomic E-state index is 0. The van der Waals surface area contributed by atoms with Crippen molar-refractivity contribution in [2.75, 3.05) is 5.32 Å². The van der Waals surface area contributed by atoms with Gasteiger partial charge < -0.3 is 5.32 Å². The molecule has 2 atom stereocenters. The van der Waals surface area contributed by atoms with E-state index in [0.29, 0.717) is 16.9 Å². The van der Waals surface area contributed by atoms with Crippen LogP contribution in [0.25, 0.3) is 0 Å². The largest absolute Gasteiger partial charge is 0 e. The molecule has 140 valence electrons. The molecule has 1 aliphatic carbocycles. The molecule has 0 amide bonds. The predicted molar refractivity (Wildman–Crippen MR) is 94.5 cm³/mol. The van der Waals surface area contributed by atoms with E-state index in [1.165, 1.54) is 36.1 Å². The van der Waals surface area contributed by atoms with Gasteiger partial charge in [0.05, 0.1) is 0 Å². The molecule has 1 aromatic rings. The maximum Gasteiger partial charge on any atom is 0 e. The number of fused-ring (bicyclic) bond motifs is 2. The maximum absolute atomic E-state index is 7.50. The van der Waals surface area contributed by atoms with Crippen molar-refractivity contribution >= 4 is 5.69 Å². The Morgan fingerprint density at radius 1 is 1.00 bits per heavy atom. The van der Waals surface area contributed by atoms with Gasteiger partial charge in [0.15, 0.2) is 0 Å².